The van der Waals surface area contributed by atoms with E-state index < -0.39 is 5.82 Å². The molecule has 1 unspecified atom stereocenters. The van der Waals surface area contributed by atoms with Crippen molar-refractivity contribution in [2.45, 2.75) is 12.5 Å². The highest BCUT2D eigenvalue weighted by molar-refractivity contribution is 5.51. The van der Waals surface area contributed by atoms with Crippen molar-refractivity contribution in [1.29, 1.82) is 0 Å². The topological polar surface area (TPSA) is 43.7 Å². The maximum atomic E-state index is 12.7. The Hall–Kier alpha value is -1.29. The summed E-state index contributed by atoms with van der Waals surface area (Å²) in [6, 6.07) is 4.22. The van der Waals surface area contributed by atoms with E-state index in [1.54, 1.807) is 6.07 Å². The van der Waals surface area contributed by atoms with E-state index in [9.17, 15) is 9.50 Å². The van der Waals surface area contributed by atoms with Gasteiger partial charge in [0, 0.05) is 24.8 Å². The minimum absolute atomic E-state index is 0.317. The number of phenols is 1. The molecule has 1 fully saturated rings. The Bertz CT molecular complexity index is 343. The van der Waals surface area contributed by atoms with Gasteiger partial charge in [0.25, 0.3) is 0 Å². The Morgan fingerprint density at radius 1 is 1.43 bits per heavy atom. The average molecular weight is 197 g/mol. The highest BCUT2D eigenvalue weighted by Crippen LogP contribution is 2.26. The first-order valence-electron chi connectivity index (χ1n) is 4.58. The summed E-state index contributed by atoms with van der Waals surface area (Å²) in [4.78, 5) is 1.92. The van der Waals surface area contributed by atoms with E-state index in [0.717, 1.165) is 18.7 Å². The molecule has 0 aliphatic carbocycles. The Morgan fingerprint density at radius 2 is 2.21 bits per heavy atom. The minimum Gasteiger partial charge on any atom is -0.505 e. The molecule has 4 heteroatoms. The van der Waals surface area contributed by atoms with Crippen LogP contribution in [0.4, 0.5) is 10.1 Å². The predicted octanol–water partition coefficient (Wildman–Crippen LogP) is 1.10. The van der Waals surface area contributed by atoms with Crippen LogP contribution in [0, 0.1) is 5.82 Å². The summed E-state index contributed by atoms with van der Waals surface area (Å²) in [5, 5.41) is 18.5. The number of hydrogen-bond acceptors (Lipinski definition) is 3. The van der Waals surface area contributed by atoms with Gasteiger partial charge in [-0.1, -0.05) is 0 Å². The van der Waals surface area contributed by atoms with Gasteiger partial charge in [0.2, 0.25) is 0 Å². The maximum Gasteiger partial charge on any atom is 0.164 e. The zero-order valence-electron chi connectivity index (χ0n) is 7.65. The Labute approximate surface area is 81.4 Å². The largest absolute Gasteiger partial charge is 0.505 e. The highest BCUT2D eigenvalue weighted by atomic mass is 19.1. The van der Waals surface area contributed by atoms with Crippen molar-refractivity contribution in [2.24, 2.45) is 0 Å². The van der Waals surface area contributed by atoms with E-state index in [2.05, 4.69) is 0 Å². The monoisotopic (exact) mass is 197 g/mol. The first kappa shape index (κ1) is 9.27. The van der Waals surface area contributed by atoms with E-state index in [1.807, 2.05) is 4.90 Å². The highest BCUT2D eigenvalue weighted by Gasteiger charge is 2.20. The molecule has 2 rings (SSSR count). The lowest BCUT2D eigenvalue weighted by atomic mass is 10.2. The summed E-state index contributed by atoms with van der Waals surface area (Å²) in [7, 11) is 0. The molecule has 0 radical (unpaired) electrons. The van der Waals surface area contributed by atoms with E-state index >= 15 is 0 Å². The Morgan fingerprint density at radius 3 is 2.79 bits per heavy atom. The standard InChI is InChI=1S/C10H12FNO2/c11-9-2-1-7(5-10(9)14)12-4-3-8(13)6-12/h1-2,5,8,13-14H,3-4,6H2. The van der Waals surface area contributed by atoms with Crippen molar-refractivity contribution in [3.8, 4) is 5.75 Å². The van der Waals surface area contributed by atoms with Crippen molar-refractivity contribution in [1.82, 2.24) is 0 Å². The third kappa shape index (κ3) is 1.65. The number of hydrogen-bond donors (Lipinski definition) is 2. The van der Waals surface area contributed by atoms with Crippen LogP contribution >= 0.6 is 0 Å². The smallest absolute Gasteiger partial charge is 0.164 e. The molecule has 1 aromatic rings. The second-order valence-corrected chi connectivity index (χ2v) is 3.52. The van der Waals surface area contributed by atoms with Gasteiger partial charge in [0.05, 0.1) is 6.10 Å². The van der Waals surface area contributed by atoms with E-state index in [4.69, 9.17) is 5.11 Å². The van der Waals surface area contributed by atoms with Gasteiger partial charge >= 0.3 is 0 Å². The molecular weight excluding hydrogens is 185 g/mol. The van der Waals surface area contributed by atoms with Crippen LogP contribution in [-0.2, 0) is 0 Å². The van der Waals surface area contributed by atoms with Gasteiger partial charge in [0.1, 0.15) is 0 Å². The lowest BCUT2D eigenvalue weighted by molar-refractivity contribution is 0.198. The maximum absolute atomic E-state index is 12.7. The molecule has 1 aliphatic heterocycles. The van der Waals surface area contributed by atoms with Crippen LogP contribution in [0.15, 0.2) is 18.2 Å². The van der Waals surface area contributed by atoms with Crippen molar-refractivity contribution >= 4 is 5.69 Å². The predicted molar refractivity (Wildman–Crippen MR) is 50.9 cm³/mol. The summed E-state index contributed by atoms with van der Waals surface area (Å²) in [6.45, 7) is 1.29. The average Bonchev–Trinajstić information content (AvgIpc) is 2.57. The van der Waals surface area contributed by atoms with E-state index in [1.165, 1.54) is 12.1 Å². The fraction of sp³-hybridized carbons (Fsp3) is 0.400. The van der Waals surface area contributed by atoms with Crippen LogP contribution in [0.1, 0.15) is 6.42 Å². The SMILES string of the molecule is Oc1cc(N2CCC(O)C2)ccc1F. The number of aliphatic hydroxyl groups is 1. The first-order valence-corrected chi connectivity index (χ1v) is 4.58. The summed E-state index contributed by atoms with van der Waals surface area (Å²) in [6.07, 6.45) is 0.403. The normalized spacial score (nSPS) is 21.6. The van der Waals surface area contributed by atoms with Gasteiger partial charge in [-0.05, 0) is 18.6 Å². The number of aromatic hydroxyl groups is 1. The molecule has 76 valence electrons. The second-order valence-electron chi connectivity index (χ2n) is 3.52. The number of aliphatic hydroxyl groups excluding tert-OH is 1. The molecule has 0 bridgehead atoms. The number of phenolic OH excluding ortho intramolecular Hbond substituents is 1. The van der Waals surface area contributed by atoms with Crippen LogP contribution in [0.25, 0.3) is 0 Å². The molecule has 1 aromatic carbocycles. The summed E-state index contributed by atoms with van der Waals surface area (Å²) in [5.41, 5.74) is 0.750. The number of rotatable bonds is 1. The van der Waals surface area contributed by atoms with Gasteiger partial charge in [-0.3, -0.25) is 0 Å². The van der Waals surface area contributed by atoms with Gasteiger partial charge in [0.15, 0.2) is 11.6 Å². The van der Waals surface area contributed by atoms with Gasteiger partial charge < -0.3 is 15.1 Å². The summed E-state index contributed by atoms with van der Waals surface area (Å²) < 4.78 is 12.7. The van der Waals surface area contributed by atoms with E-state index in [0.29, 0.717) is 6.54 Å². The number of nitrogens with zero attached hydrogens (tertiary/aromatic N) is 1. The fourth-order valence-corrected chi connectivity index (χ4v) is 1.67. The molecule has 0 saturated carbocycles. The van der Waals surface area contributed by atoms with E-state index in [-0.39, 0.29) is 11.9 Å². The number of anilines is 1. The lowest BCUT2D eigenvalue weighted by Crippen LogP contribution is -2.20. The molecule has 3 nitrogen and oxygen atoms in total. The summed E-state index contributed by atoms with van der Waals surface area (Å²) in [5.74, 6) is -0.961. The van der Waals surface area contributed by atoms with Crippen LogP contribution in [0.2, 0.25) is 0 Å². The zero-order valence-corrected chi connectivity index (χ0v) is 7.65. The van der Waals surface area contributed by atoms with Crippen molar-refractivity contribution in [3.05, 3.63) is 24.0 Å². The summed E-state index contributed by atoms with van der Waals surface area (Å²) >= 11 is 0. The molecule has 2 N–H and O–H groups in total. The van der Waals surface area contributed by atoms with Crippen LogP contribution < -0.4 is 4.90 Å². The van der Waals surface area contributed by atoms with Crippen molar-refractivity contribution in [2.75, 3.05) is 18.0 Å². The molecule has 0 aromatic heterocycles. The molecule has 0 spiro atoms. The molecule has 1 atom stereocenters. The van der Waals surface area contributed by atoms with Crippen LogP contribution in [0.5, 0.6) is 5.75 Å². The minimum atomic E-state index is -0.617. The van der Waals surface area contributed by atoms with Crippen LogP contribution in [0.3, 0.4) is 0 Å². The Balaban J connectivity index is 2.20. The molecule has 1 aliphatic rings. The Kier molecular flexibility index (Phi) is 2.29. The van der Waals surface area contributed by atoms with Crippen LogP contribution in [-0.4, -0.2) is 29.4 Å². The van der Waals surface area contributed by atoms with Crippen molar-refractivity contribution in [3.63, 3.8) is 0 Å². The fourth-order valence-electron chi connectivity index (χ4n) is 1.67. The molecule has 1 heterocycles. The molecule has 14 heavy (non-hydrogen) atoms. The third-order valence-corrected chi connectivity index (χ3v) is 2.46. The van der Waals surface area contributed by atoms with Gasteiger partial charge in [-0.15, -0.1) is 0 Å². The quantitative estimate of drug-likeness (QED) is 0.708. The second kappa shape index (κ2) is 3.46. The lowest BCUT2D eigenvalue weighted by Gasteiger charge is -2.17. The number of benzene rings is 1. The van der Waals surface area contributed by atoms with Gasteiger partial charge in [-0.25, -0.2) is 4.39 Å². The number of halogens is 1. The molecule has 0 amide bonds. The molecular formula is C10H12FNO2. The zero-order chi connectivity index (χ0) is 10.1. The van der Waals surface area contributed by atoms with Crippen molar-refractivity contribution < 1.29 is 14.6 Å². The third-order valence-electron chi connectivity index (χ3n) is 2.46. The molecule has 1 saturated heterocycles. The van der Waals surface area contributed by atoms with Gasteiger partial charge in [-0.2, -0.15) is 0 Å². The number of β-amino-alcohol motifs (C(OH)–C–C–N with tert-alkyl or cyclic N) is 1. The first-order chi connectivity index (χ1) is 6.66.